The van der Waals surface area contributed by atoms with E-state index in [9.17, 15) is 19.2 Å². The van der Waals surface area contributed by atoms with Crippen molar-refractivity contribution in [2.45, 2.75) is 51.4 Å². The van der Waals surface area contributed by atoms with E-state index in [1.54, 1.807) is 0 Å². The molecule has 7 heteroatoms. The summed E-state index contributed by atoms with van der Waals surface area (Å²) in [5.41, 5.74) is -0.0361. The first kappa shape index (κ1) is 16.9. The number of carboxylic acids is 2. The van der Waals surface area contributed by atoms with Crippen LogP contribution in [0.4, 0.5) is 0 Å². The zero-order valence-corrected chi connectivity index (χ0v) is 12.6. The zero-order valence-electron chi connectivity index (χ0n) is 12.6. The second kappa shape index (κ2) is 7.21. The first-order valence-electron chi connectivity index (χ1n) is 7.59. The number of hydrogen-bond donors (Lipinski definition) is 2. The van der Waals surface area contributed by atoms with Gasteiger partial charge in [-0.2, -0.15) is 0 Å². The second-order valence-corrected chi connectivity index (χ2v) is 5.62. The minimum atomic E-state index is -1.19. The van der Waals surface area contributed by atoms with Crippen LogP contribution in [0.25, 0.3) is 0 Å². The van der Waals surface area contributed by atoms with Crippen LogP contribution in [0.5, 0.6) is 0 Å². The Morgan fingerprint density at radius 3 is 1.22 bits per heavy atom. The normalized spacial score (nSPS) is 18.6. The fourth-order valence-electron chi connectivity index (χ4n) is 2.94. The molecule has 2 rings (SSSR count). The molecule has 0 heterocycles. The van der Waals surface area contributed by atoms with Crippen LogP contribution in [0, 0.1) is 0 Å². The summed E-state index contributed by atoms with van der Waals surface area (Å²) in [5, 5.41) is 18.2. The highest BCUT2D eigenvalue weighted by molar-refractivity contribution is 6.08. The van der Waals surface area contributed by atoms with Gasteiger partial charge in [-0.3, -0.25) is 0 Å². The van der Waals surface area contributed by atoms with Crippen LogP contribution in [-0.4, -0.2) is 34.1 Å². The van der Waals surface area contributed by atoms with Gasteiger partial charge in [0.25, 0.3) is 0 Å². The molecule has 0 aromatic carbocycles. The van der Waals surface area contributed by atoms with Gasteiger partial charge >= 0.3 is 23.9 Å². The third-order valence-corrected chi connectivity index (χ3v) is 4.13. The summed E-state index contributed by atoms with van der Waals surface area (Å²) in [5.74, 6) is -4.33. The fraction of sp³-hybridized carbons (Fsp3) is 0.500. The molecule has 0 aliphatic heterocycles. The molecular weight excluding hydrogens is 304 g/mol. The summed E-state index contributed by atoms with van der Waals surface area (Å²) in [7, 11) is 0. The lowest BCUT2D eigenvalue weighted by molar-refractivity contribution is -0.155. The van der Waals surface area contributed by atoms with Gasteiger partial charge in [-0.25, -0.2) is 19.2 Å². The molecule has 0 aromatic heterocycles. The van der Waals surface area contributed by atoms with Crippen molar-refractivity contribution in [1.29, 1.82) is 0 Å². The number of esters is 2. The van der Waals surface area contributed by atoms with Gasteiger partial charge in [0.05, 0.1) is 0 Å². The van der Waals surface area contributed by atoms with Crippen molar-refractivity contribution in [3.63, 3.8) is 0 Å². The van der Waals surface area contributed by atoms with Gasteiger partial charge in [-0.15, -0.1) is 0 Å². The lowest BCUT2D eigenvalue weighted by Crippen LogP contribution is -2.23. The van der Waals surface area contributed by atoms with Crippen molar-refractivity contribution in [2.75, 3.05) is 0 Å². The Balaban J connectivity index is 2.20. The van der Waals surface area contributed by atoms with Crippen molar-refractivity contribution in [3.05, 3.63) is 22.3 Å². The number of carboxylic acid groups (broad SMARTS) is 2. The van der Waals surface area contributed by atoms with E-state index in [4.69, 9.17) is 14.9 Å². The van der Waals surface area contributed by atoms with Gasteiger partial charge in [0, 0.05) is 22.3 Å². The molecule has 23 heavy (non-hydrogen) atoms. The molecule has 0 saturated carbocycles. The highest BCUT2D eigenvalue weighted by Gasteiger charge is 2.30. The van der Waals surface area contributed by atoms with Gasteiger partial charge in [0.1, 0.15) is 0 Å². The Hall–Kier alpha value is -2.44. The van der Waals surface area contributed by atoms with Gasteiger partial charge < -0.3 is 14.9 Å². The maximum absolute atomic E-state index is 12.1. The standard InChI is InChI=1S/C16H18O7/c17-13(18)9-5-1-3-7-11(9)15(21)23-16(22)12-8-4-2-6-10(12)14(19)20/h1-8H2,(H,17,18)(H,19,20). The van der Waals surface area contributed by atoms with E-state index in [1.807, 2.05) is 0 Å². The summed E-state index contributed by atoms with van der Waals surface area (Å²) in [6, 6.07) is 0. The minimum Gasteiger partial charge on any atom is -0.478 e. The van der Waals surface area contributed by atoms with Gasteiger partial charge in [0.2, 0.25) is 0 Å². The number of hydrogen-bond acceptors (Lipinski definition) is 5. The van der Waals surface area contributed by atoms with Gasteiger partial charge in [0.15, 0.2) is 0 Å². The van der Waals surface area contributed by atoms with Crippen LogP contribution < -0.4 is 0 Å². The van der Waals surface area contributed by atoms with E-state index in [0.29, 0.717) is 25.7 Å². The first-order valence-corrected chi connectivity index (χ1v) is 7.59. The third kappa shape index (κ3) is 3.85. The molecule has 0 unspecified atom stereocenters. The maximum atomic E-state index is 12.1. The third-order valence-electron chi connectivity index (χ3n) is 4.13. The molecule has 0 radical (unpaired) electrons. The highest BCUT2D eigenvalue weighted by atomic mass is 16.6. The summed E-state index contributed by atoms with van der Waals surface area (Å²) in [6.07, 6.45) is 3.66. The summed E-state index contributed by atoms with van der Waals surface area (Å²) < 4.78 is 4.77. The lowest BCUT2D eigenvalue weighted by Gasteiger charge is -2.18. The SMILES string of the molecule is O=C(O)C1=C(C(=O)OC(=O)C2=C(C(=O)O)CCCC2)CCCC1. The van der Waals surface area contributed by atoms with Crippen molar-refractivity contribution >= 4 is 23.9 Å². The Labute approximate surface area is 132 Å². The fourth-order valence-corrected chi connectivity index (χ4v) is 2.94. The van der Waals surface area contributed by atoms with E-state index < -0.39 is 23.9 Å². The van der Waals surface area contributed by atoms with Gasteiger partial charge in [-0.05, 0) is 51.4 Å². The van der Waals surface area contributed by atoms with Crippen LogP contribution in [0.15, 0.2) is 22.3 Å². The molecule has 2 aliphatic carbocycles. The molecule has 0 spiro atoms. The second-order valence-electron chi connectivity index (χ2n) is 5.62. The van der Waals surface area contributed by atoms with E-state index in [2.05, 4.69) is 0 Å². The quantitative estimate of drug-likeness (QED) is 0.600. The van der Waals surface area contributed by atoms with Crippen molar-refractivity contribution in [3.8, 4) is 0 Å². The van der Waals surface area contributed by atoms with Gasteiger partial charge in [-0.1, -0.05) is 0 Å². The Morgan fingerprint density at radius 1 is 0.609 bits per heavy atom. The molecule has 2 N–H and O–H groups in total. The molecule has 0 fully saturated rings. The average Bonchev–Trinajstić information content (AvgIpc) is 2.54. The van der Waals surface area contributed by atoms with E-state index in [1.165, 1.54) is 0 Å². The van der Waals surface area contributed by atoms with E-state index in [0.717, 1.165) is 0 Å². The molecular formula is C16H18O7. The Kier molecular flexibility index (Phi) is 5.31. The highest BCUT2D eigenvalue weighted by Crippen LogP contribution is 2.28. The molecule has 7 nitrogen and oxygen atoms in total. The molecule has 2 aliphatic rings. The summed E-state index contributed by atoms with van der Waals surface area (Å²) in [6.45, 7) is 0. The van der Waals surface area contributed by atoms with Crippen molar-refractivity contribution in [1.82, 2.24) is 0 Å². The molecule has 0 aromatic rings. The largest absolute Gasteiger partial charge is 0.478 e. The summed E-state index contributed by atoms with van der Waals surface area (Å²) in [4.78, 5) is 46.5. The van der Waals surface area contributed by atoms with E-state index in [-0.39, 0.29) is 48.0 Å². The number of rotatable bonds is 4. The maximum Gasteiger partial charge on any atom is 0.342 e. The minimum absolute atomic E-state index is 0.00499. The van der Waals surface area contributed by atoms with Crippen LogP contribution in [0.2, 0.25) is 0 Å². The molecule has 124 valence electrons. The molecule has 0 atom stereocenters. The summed E-state index contributed by atoms with van der Waals surface area (Å²) >= 11 is 0. The number of carbonyl (C=O) groups excluding carboxylic acids is 2. The van der Waals surface area contributed by atoms with E-state index >= 15 is 0 Å². The Bertz CT molecular complexity index is 570. The van der Waals surface area contributed by atoms with Crippen LogP contribution in [-0.2, 0) is 23.9 Å². The lowest BCUT2D eigenvalue weighted by atomic mass is 9.91. The van der Waals surface area contributed by atoms with Crippen LogP contribution in [0.3, 0.4) is 0 Å². The smallest absolute Gasteiger partial charge is 0.342 e. The average molecular weight is 322 g/mol. The predicted octanol–water partition coefficient (Wildman–Crippen LogP) is 1.97. The van der Waals surface area contributed by atoms with Crippen molar-refractivity contribution < 1.29 is 34.1 Å². The zero-order chi connectivity index (χ0) is 17.0. The molecule has 0 saturated heterocycles. The van der Waals surface area contributed by atoms with Crippen LogP contribution in [0.1, 0.15) is 51.4 Å². The number of carbonyl (C=O) groups is 4. The van der Waals surface area contributed by atoms with Crippen molar-refractivity contribution in [2.24, 2.45) is 0 Å². The van der Waals surface area contributed by atoms with Crippen LogP contribution >= 0.6 is 0 Å². The topological polar surface area (TPSA) is 118 Å². The first-order chi connectivity index (χ1) is 10.9. The Morgan fingerprint density at radius 2 is 0.913 bits per heavy atom. The predicted molar refractivity (Wildman–Crippen MR) is 77.4 cm³/mol. The molecule has 0 amide bonds. The monoisotopic (exact) mass is 322 g/mol. The molecule has 0 bridgehead atoms. The number of aliphatic carboxylic acids is 2. The number of ether oxygens (including phenoxy) is 1.